The number of fused-ring (bicyclic) bond motifs is 1. The molecule has 0 saturated heterocycles. The highest BCUT2D eigenvalue weighted by Gasteiger charge is 2.26. The Morgan fingerprint density at radius 1 is 1.03 bits per heavy atom. The highest BCUT2D eigenvalue weighted by Crippen LogP contribution is 2.34. The van der Waals surface area contributed by atoms with Crippen molar-refractivity contribution in [3.05, 3.63) is 83.4 Å². The zero-order valence-electron chi connectivity index (χ0n) is 17.6. The quantitative estimate of drug-likeness (QED) is 0.648. The Labute approximate surface area is 181 Å². The molecule has 0 aliphatic carbocycles. The third kappa shape index (κ3) is 4.86. The fraction of sp³-hybridized carbons (Fsp3) is 0.200. The Bertz CT molecular complexity index is 1110. The predicted octanol–water partition coefficient (Wildman–Crippen LogP) is 4.36. The second-order valence-corrected chi connectivity index (χ2v) is 7.50. The summed E-state index contributed by atoms with van der Waals surface area (Å²) in [6.07, 6.45) is 0. The van der Waals surface area contributed by atoms with Crippen molar-refractivity contribution < 1.29 is 19.1 Å². The van der Waals surface area contributed by atoms with Crippen molar-refractivity contribution in [1.82, 2.24) is 0 Å². The molecular weight excluding hydrogens is 392 g/mol. The molecule has 1 N–H and O–H groups in total. The molecule has 1 aliphatic heterocycles. The summed E-state index contributed by atoms with van der Waals surface area (Å²) in [6, 6.07) is 20.5. The van der Waals surface area contributed by atoms with Gasteiger partial charge in [0.1, 0.15) is 18.1 Å². The number of nitrogens with zero attached hydrogens (tertiary/aromatic N) is 1. The number of ether oxygens (including phenoxy) is 2. The Morgan fingerprint density at radius 2 is 1.84 bits per heavy atom. The highest BCUT2D eigenvalue weighted by atomic mass is 16.5. The molecule has 0 spiro atoms. The standard InChI is InChI=1S/C25H24N2O4/c1-17-6-9-21(10-7-17)30-13-12-27-22-11-8-20(15-23(22)31-16-24(27)28)26-25(29)19-5-3-4-18(2)14-19/h3-11,14-15H,12-13,16H2,1-2H3,(H,26,29). The van der Waals surface area contributed by atoms with Gasteiger partial charge >= 0.3 is 0 Å². The lowest BCUT2D eigenvalue weighted by Crippen LogP contribution is -2.41. The van der Waals surface area contributed by atoms with Crippen molar-refractivity contribution >= 4 is 23.2 Å². The van der Waals surface area contributed by atoms with Crippen molar-refractivity contribution in [2.75, 3.05) is 30.0 Å². The molecule has 3 aromatic carbocycles. The number of carbonyl (C=O) groups excluding carboxylic acids is 2. The van der Waals surface area contributed by atoms with Gasteiger partial charge in [0.2, 0.25) is 0 Å². The van der Waals surface area contributed by atoms with Gasteiger partial charge in [-0.1, -0.05) is 35.4 Å². The number of nitrogens with one attached hydrogen (secondary N) is 1. The largest absolute Gasteiger partial charge is 0.492 e. The summed E-state index contributed by atoms with van der Waals surface area (Å²) < 4.78 is 11.4. The minimum absolute atomic E-state index is 0.0488. The zero-order valence-corrected chi connectivity index (χ0v) is 17.6. The molecule has 6 heteroatoms. The van der Waals surface area contributed by atoms with Gasteiger partial charge in [-0.2, -0.15) is 0 Å². The molecule has 0 radical (unpaired) electrons. The van der Waals surface area contributed by atoms with E-state index in [4.69, 9.17) is 9.47 Å². The number of benzene rings is 3. The lowest BCUT2D eigenvalue weighted by molar-refractivity contribution is -0.121. The van der Waals surface area contributed by atoms with Crippen LogP contribution in [-0.4, -0.2) is 31.6 Å². The molecule has 1 aliphatic rings. The van der Waals surface area contributed by atoms with Crippen LogP contribution >= 0.6 is 0 Å². The highest BCUT2D eigenvalue weighted by molar-refractivity contribution is 6.05. The number of hydrogen-bond acceptors (Lipinski definition) is 4. The molecule has 1 heterocycles. The first kappa shape index (κ1) is 20.5. The van der Waals surface area contributed by atoms with Crippen LogP contribution < -0.4 is 19.7 Å². The van der Waals surface area contributed by atoms with Crippen LogP contribution in [0.4, 0.5) is 11.4 Å². The van der Waals surface area contributed by atoms with Crippen molar-refractivity contribution in [2.45, 2.75) is 13.8 Å². The second kappa shape index (κ2) is 8.92. The van der Waals surface area contributed by atoms with Crippen molar-refractivity contribution in [3.8, 4) is 11.5 Å². The van der Waals surface area contributed by atoms with E-state index in [1.54, 1.807) is 29.2 Å². The van der Waals surface area contributed by atoms with E-state index in [1.165, 1.54) is 0 Å². The lowest BCUT2D eigenvalue weighted by Gasteiger charge is -2.29. The van der Waals surface area contributed by atoms with Crippen LogP contribution in [-0.2, 0) is 4.79 Å². The molecule has 0 bridgehead atoms. The van der Waals surface area contributed by atoms with Gasteiger partial charge in [-0.3, -0.25) is 9.59 Å². The summed E-state index contributed by atoms with van der Waals surface area (Å²) in [5.74, 6) is 0.994. The van der Waals surface area contributed by atoms with Crippen molar-refractivity contribution in [1.29, 1.82) is 0 Å². The van der Waals surface area contributed by atoms with Gasteiger partial charge in [0.05, 0.1) is 12.2 Å². The minimum Gasteiger partial charge on any atom is -0.492 e. The smallest absolute Gasteiger partial charge is 0.265 e. The predicted molar refractivity (Wildman–Crippen MR) is 120 cm³/mol. The lowest BCUT2D eigenvalue weighted by atomic mass is 10.1. The normalized spacial score (nSPS) is 12.7. The van der Waals surface area contributed by atoms with Gasteiger partial charge in [0.15, 0.2) is 6.61 Å². The SMILES string of the molecule is Cc1ccc(OCCN2C(=O)COc3cc(NC(=O)c4cccc(C)c4)ccc32)cc1. The van der Waals surface area contributed by atoms with Gasteiger partial charge < -0.3 is 19.7 Å². The first-order valence-corrected chi connectivity index (χ1v) is 10.1. The number of rotatable bonds is 6. The average Bonchev–Trinajstić information content (AvgIpc) is 2.76. The third-order valence-corrected chi connectivity index (χ3v) is 5.05. The van der Waals surface area contributed by atoms with E-state index >= 15 is 0 Å². The summed E-state index contributed by atoms with van der Waals surface area (Å²) in [5.41, 5.74) is 4.04. The van der Waals surface area contributed by atoms with Crippen molar-refractivity contribution in [2.24, 2.45) is 0 Å². The van der Waals surface area contributed by atoms with Crippen LogP contribution in [0.3, 0.4) is 0 Å². The van der Waals surface area contributed by atoms with E-state index in [1.807, 2.05) is 56.3 Å². The van der Waals surface area contributed by atoms with Gasteiger partial charge in [0, 0.05) is 17.3 Å². The minimum atomic E-state index is -0.195. The number of aryl methyl sites for hydroxylation is 2. The number of carbonyl (C=O) groups is 2. The fourth-order valence-corrected chi connectivity index (χ4v) is 3.41. The molecule has 0 aromatic heterocycles. The van der Waals surface area contributed by atoms with E-state index in [2.05, 4.69) is 5.32 Å². The molecule has 31 heavy (non-hydrogen) atoms. The Balaban J connectivity index is 1.43. The summed E-state index contributed by atoms with van der Waals surface area (Å²) >= 11 is 0. The first-order chi connectivity index (χ1) is 15.0. The Hall–Kier alpha value is -3.80. The van der Waals surface area contributed by atoms with Gasteiger partial charge in [-0.05, 0) is 50.2 Å². The van der Waals surface area contributed by atoms with Gasteiger partial charge in [-0.15, -0.1) is 0 Å². The van der Waals surface area contributed by atoms with E-state index in [0.29, 0.717) is 35.8 Å². The second-order valence-electron chi connectivity index (χ2n) is 7.50. The molecule has 2 amide bonds. The number of hydrogen-bond donors (Lipinski definition) is 1. The van der Waals surface area contributed by atoms with Crippen LogP contribution in [0.15, 0.2) is 66.7 Å². The molecule has 6 nitrogen and oxygen atoms in total. The van der Waals surface area contributed by atoms with Crippen LogP contribution in [0.5, 0.6) is 11.5 Å². The molecule has 158 valence electrons. The van der Waals surface area contributed by atoms with Crippen LogP contribution in [0.1, 0.15) is 21.5 Å². The van der Waals surface area contributed by atoms with Gasteiger partial charge in [-0.25, -0.2) is 0 Å². The molecular formula is C25H24N2O4. The maximum absolute atomic E-state index is 12.5. The van der Waals surface area contributed by atoms with E-state index in [9.17, 15) is 9.59 Å². The van der Waals surface area contributed by atoms with Crippen LogP contribution in [0, 0.1) is 13.8 Å². The van der Waals surface area contributed by atoms with E-state index in [0.717, 1.165) is 16.9 Å². The molecule has 0 atom stereocenters. The topological polar surface area (TPSA) is 67.9 Å². The monoisotopic (exact) mass is 416 g/mol. The van der Waals surface area contributed by atoms with Crippen LogP contribution in [0.2, 0.25) is 0 Å². The molecule has 3 aromatic rings. The fourth-order valence-electron chi connectivity index (χ4n) is 3.41. The summed E-state index contributed by atoms with van der Waals surface area (Å²) in [6.45, 7) is 4.67. The Morgan fingerprint density at radius 3 is 2.61 bits per heavy atom. The van der Waals surface area contributed by atoms with Crippen molar-refractivity contribution in [3.63, 3.8) is 0 Å². The number of anilines is 2. The zero-order chi connectivity index (χ0) is 21.8. The molecule has 0 fully saturated rings. The third-order valence-electron chi connectivity index (χ3n) is 5.05. The maximum Gasteiger partial charge on any atom is 0.265 e. The molecule has 0 unspecified atom stereocenters. The van der Waals surface area contributed by atoms with Crippen LogP contribution in [0.25, 0.3) is 0 Å². The summed E-state index contributed by atoms with van der Waals surface area (Å²) in [4.78, 5) is 26.6. The molecule has 4 rings (SSSR count). The number of amides is 2. The maximum atomic E-state index is 12.5. The molecule has 0 saturated carbocycles. The average molecular weight is 416 g/mol. The summed E-state index contributed by atoms with van der Waals surface area (Å²) in [7, 11) is 0. The van der Waals surface area contributed by atoms with E-state index < -0.39 is 0 Å². The summed E-state index contributed by atoms with van der Waals surface area (Å²) in [5, 5.41) is 2.88. The van der Waals surface area contributed by atoms with Gasteiger partial charge in [0.25, 0.3) is 11.8 Å². The Kier molecular flexibility index (Phi) is 5.89. The van der Waals surface area contributed by atoms with E-state index in [-0.39, 0.29) is 18.4 Å². The first-order valence-electron chi connectivity index (χ1n) is 10.1.